The summed E-state index contributed by atoms with van der Waals surface area (Å²) in [5.74, 6) is 1.49. The van der Waals surface area contributed by atoms with E-state index in [1.807, 2.05) is 6.07 Å². The third kappa shape index (κ3) is 1.83. The Kier molecular flexibility index (Phi) is 2.60. The Balaban J connectivity index is 2.00. The van der Waals surface area contributed by atoms with Gasteiger partial charge in [-0.15, -0.1) is 0 Å². The van der Waals surface area contributed by atoms with Crippen LogP contribution in [0.15, 0.2) is 30.3 Å². The molecule has 0 radical (unpaired) electrons. The van der Waals surface area contributed by atoms with Gasteiger partial charge in [-0.3, -0.25) is 0 Å². The highest BCUT2D eigenvalue weighted by atomic mass is 16.3. The van der Waals surface area contributed by atoms with E-state index < -0.39 is 0 Å². The molecule has 0 bridgehead atoms. The number of aliphatic hydroxyl groups is 1. The van der Waals surface area contributed by atoms with Crippen molar-refractivity contribution in [1.82, 2.24) is 0 Å². The largest absolute Gasteiger partial charge is 0.393 e. The smallest absolute Gasteiger partial charge is 0.0597 e. The summed E-state index contributed by atoms with van der Waals surface area (Å²) in [6.45, 7) is 4.18. The fraction of sp³-hybridized carbons (Fsp3) is 0.538. The molecule has 1 aliphatic carbocycles. The molecule has 0 amide bonds. The molecule has 1 unspecified atom stereocenters. The molecule has 1 aliphatic rings. The van der Waals surface area contributed by atoms with Crippen molar-refractivity contribution in [3.05, 3.63) is 35.9 Å². The first-order valence-electron chi connectivity index (χ1n) is 5.43. The van der Waals surface area contributed by atoms with Crippen LogP contribution in [0.2, 0.25) is 0 Å². The first-order valence-corrected chi connectivity index (χ1v) is 5.43. The summed E-state index contributed by atoms with van der Waals surface area (Å²) in [5.41, 5.74) is 1.39. The highest BCUT2D eigenvalue weighted by Crippen LogP contribution is 2.50. The van der Waals surface area contributed by atoms with Crippen LogP contribution >= 0.6 is 0 Å². The molecule has 1 fully saturated rings. The van der Waals surface area contributed by atoms with Gasteiger partial charge in [0.15, 0.2) is 0 Å². The van der Waals surface area contributed by atoms with E-state index >= 15 is 0 Å². The van der Waals surface area contributed by atoms with Gasteiger partial charge in [0.25, 0.3) is 0 Å². The van der Waals surface area contributed by atoms with Gasteiger partial charge in [-0.25, -0.2) is 0 Å². The van der Waals surface area contributed by atoms with Crippen LogP contribution in [-0.2, 0) is 0 Å². The number of hydrogen-bond acceptors (Lipinski definition) is 1. The molecule has 0 saturated heterocycles. The van der Waals surface area contributed by atoms with Gasteiger partial charge in [0.2, 0.25) is 0 Å². The maximum atomic E-state index is 9.90. The molecule has 2 rings (SSSR count). The monoisotopic (exact) mass is 190 g/mol. The normalized spacial score (nSPS) is 27.7. The predicted molar refractivity (Wildman–Crippen MR) is 58.1 cm³/mol. The second-order valence-electron chi connectivity index (χ2n) is 4.65. The highest BCUT2D eigenvalue weighted by Gasteiger charge is 2.43. The summed E-state index contributed by atoms with van der Waals surface area (Å²) >= 11 is 0. The lowest BCUT2D eigenvalue weighted by Crippen LogP contribution is -2.17. The van der Waals surface area contributed by atoms with E-state index in [1.54, 1.807) is 0 Å². The van der Waals surface area contributed by atoms with Crippen molar-refractivity contribution in [2.75, 3.05) is 0 Å². The molecule has 1 nitrogen and oxygen atoms in total. The van der Waals surface area contributed by atoms with E-state index in [0.29, 0.717) is 17.8 Å². The Hall–Kier alpha value is -0.820. The van der Waals surface area contributed by atoms with E-state index in [0.717, 1.165) is 6.42 Å². The van der Waals surface area contributed by atoms with Gasteiger partial charge in [-0.1, -0.05) is 44.2 Å². The lowest BCUT2D eigenvalue weighted by molar-refractivity contribution is 0.101. The lowest BCUT2D eigenvalue weighted by atomic mass is 9.99. The van der Waals surface area contributed by atoms with Crippen molar-refractivity contribution in [2.24, 2.45) is 11.8 Å². The predicted octanol–water partition coefficient (Wildman–Crippen LogP) is 2.81. The molecule has 0 aliphatic heterocycles. The van der Waals surface area contributed by atoms with Crippen LogP contribution in [0.4, 0.5) is 0 Å². The molecule has 1 saturated carbocycles. The molecule has 0 heterocycles. The summed E-state index contributed by atoms with van der Waals surface area (Å²) in [6, 6.07) is 10.5. The number of rotatable bonds is 3. The molecule has 0 spiro atoms. The maximum absolute atomic E-state index is 9.90. The van der Waals surface area contributed by atoms with E-state index in [1.165, 1.54) is 5.56 Å². The molecule has 1 aromatic carbocycles. The third-order valence-corrected chi connectivity index (χ3v) is 3.19. The average molecular weight is 190 g/mol. The molecule has 3 atom stereocenters. The fourth-order valence-corrected chi connectivity index (χ4v) is 2.17. The van der Waals surface area contributed by atoms with Crippen molar-refractivity contribution in [3.63, 3.8) is 0 Å². The molecule has 1 aromatic rings. The zero-order chi connectivity index (χ0) is 10.1. The quantitative estimate of drug-likeness (QED) is 0.777. The molecular weight excluding hydrogens is 172 g/mol. The first-order chi connectivity index (χ1) is 6.70. The molecule has 76 valence electrons. The standard InChI is InChI=1S/C13H18O/c1-9(2)13(14)12-8-11(12)10-6-4-3-5-7-10/h3-7,9,11-14H,8H2,1-2H3/t11-,12+,13?/m1/s1. The van der Waals surface area contributed by atoms with Gasteiger partial charge in [0, 0.05) is 0 Å². The SMILES string of the molecule is CC(C)C(O)[C@H]1C[C@@H]1c1ccccc1. The van der Waals surface area contributed by atoms with Crippen LogP contribution in [0.25, 0.3) is 0 Å². The summed E-state index contributed by atoms with van der Waals surface area (Å²) < 4.78 is 0. The van der Waals surface area contributed by atoms with E-state index in [-0.39, 0.29) is 6.10 Å². The summed E-state index contributed by atoms with van der Waals surface area (Å²) in [5, 5.41) is 9.90. The second kappa shape index (κ2) is 3.74. The van der Waals surface area contributed by atoms with E-state index in [4.69, 9.17) is 0 Å². The van der Waals surface area contributed by atoms with Crippen molar-refractivity contribution in [2.45, 2.75) is 32.3 Å². The van der Waals surface area contributed by atoms with Crippen LogP contribution in [0.1, 0.15) is 31.7 Å². The highest BCUT2D eigenvalue weighted by molar-refractivity contribution is 5.26. The van der Waals surface area contributed by atoms with E-state index in [2.05, 4.69) is 38.1 Å². The average Bonchev–Trinajstić information content (AvgIpc) is 2.97. The van der Waals surface area contributed by atoms with Crippen molar-refractivity contribution < 1.29 is 5.11 Å². The van der Waals surface area contributed by atoms with Gasteiger partial charge in [-0.05, 0) is 29.7 Å². The lowest BCUT2D eigenvalue weighted by Gasteiger charge is -2.13. The molecule has 1 heteroatoms. The summed E-state index contributed by atoms with van der Waals surface area (Å²) in [7, 11) is 0. The van der Waals surface area contributed by atoms with Crippen molar-refractivity contribution in [1.29, 1.82) is 0 Å². The Morgan fingerprint density at radius 1 is 1.21 bits per heavy atom. The summed E-state index contributed by atoms with van der Waals surface area (Å²) in [6.07, 6.45) is 1.03. The maximum Gasteiger partial charge on any atom is 0.0597 e. The molecule has 0 aromatic heterocycles. The minimum Gasteiger partial charge on any atom is -0.393 e. The van der Waals surface area contributed by atoms with Crippen LogP contribution < -0.4 is 0 Å². The molecule has 1 N–H and O–H groups in total. The molecule has 14 heavy (non-hydrogen) atoms. The van der Waals surface area contributed by atoms with Gasteiger partial charge in [0.05, 0.1) is 6.10 Å². The van der Waals surface area contributed by atoms with Crippen LogP contribution in [0.5, 0.6) is 0 Å². The van der Waals surface area contributed by atoms with Gasteiger partial charge in [0.1, 0.15) is 0 Å². The van der Waals surface area contributed by atoms with Crippen molar-refractivity contribution >= 4 is 0 Å². The Morgan fingerprint density at radius 3 is 2.43 bits per heavy atom. The zero-order valence-electron chi connectivity index (χ0n) is 8.85. The van der Waals surface area contributed by atoms with Crippen LogP contribution in [0.3, 0.4) is 0 Å². The summed E-state index contributed by atoms with van der Waals surface area (Å²) in [4.78, 5) is 0. The van der Waals surface area contributed by atoms with Gasteiger partial charge >= 0.3 is 0 Å². The number of benzene rings is 1. The second-order valence-corrected chi connectivity index (χ2v) is 4.65. The minimum absolute atomic E-state index is 0.125. The van der Waals surface area contributed by atoms with Gasteiger partial charge < -0.3 is 5.11 Å². The molecular formula is C13H18O. The number of hydrogen-bond donors (Lipinski definition) is 1. The minimum atomic E-state index is -0.125. The van der Waals surface area contributed by atoms with Crippen LogP contribution in [-0.4, -0.2) is 11.2 Å². The van der Waals surface area contributed by atoms with Crippen LogP contribution in [0, 0.1) is 11.8 Å². The topological polar surface area (TPSA) is 20.2 Å². The Bertz CT molecular complexity index is 291. The number of aliphatic hydroxyl groups excluding tert-OH is 1. The third-order valence-electron chi connectivity index (χ3n) is 3.19. The zero-order valence-corrected chi connectivity index (χ0v) is 8.85. The van der Waals surface area contributed by atoms with Crippen molar-refractivity contribution in [3.8, 4) is 0 Å². The first kappa shape index (κ1) is 9.72. The Labute approximate surface area is 85.8 Å². The van der Waals surface area contributed by atoms with E-state index in [9.17, 15) is 5.11 Å². The van der Waals surface area contributed by atoms with Gasteiger partial charge in [-0.2, -0.15) is 0 Å². The fourth-order valence-electron chi connectivity index (χ4n) is 2.17. The Morgan fingerprint density at radius 2 is 1.86 bits per heavy atom.